The van der Waals surface area contributed by atoms with Crippen molar-refractivity contribution in [2.45, 2.75) is 44.1 Å². The van der Waals surface area contributed by atoms with Gasteiger partial charge in [0.2, 0.25) is 5.90 Å². The third-order valence-electron chi connectivity index (χ3n) is 4.67. The average molecular weight is 300 g/mol. The Morgan fingerprint density at radius 2 is 2.00 bits per heavy atom. The van der Waals surface area contributed by atoms with E-state index in [1.54, 1.807) is 0 Å². The van der Waals surface area contributed by atoms with Crippen molar-refractivity contribution in [3.63, 3.8) is 0 Å². The third kappa shape index (κ3) is 2.80. The largest absolute Gasteiger partial charge is 0.406 e. The fourth-order valence-electron chi connectivity index (χ4n) is 3.41. The SMILES string of the molecule is C=C1CC(C2=NC3(CCCCC3)C(=O)O2)=CC=C1CN(C)C. The van der Waals surface area contributed by atoms with Crippen molar-refractivity contribution in [3.05, 3.63) is 35.5 Å². The highest BCUT2D eigenvalue weighted by atomic mass is 16.6. The van der Waals surface area contributed by atoms with Gasteiger partial charge in [-0.1, -0.05) is 38.0 Å². The molecule has 0 saturated heterocycles. The molecule has 2 aliphatic carbocycles. The number of cyclic esters (lactones) is 1. The van der Waals surface area contributed by atoms with E-state index in [1.807, 2.05) is 20.2 Å². The van der Waals surface area contributed by atoms with E-state index < -0.39 is 5.54 Å². The molecule has 3 rings (SSSR count). The number of aliphatic imine (C=N–C) groups is 1. The van der Waals surface area contributed by atoms with E-state index in [1.165, 1.54) is 12.0 Å². The molecule has 0 atom stereocenters. The van der Waals surface area contributed by atoms with Crippen LogP contribution in [0.1, 0.15) is 38.5 Å². The van der Waals surface area contributed by atoms with Gasteiger partial charge >= 0.3 is 5.97 Å². The fraction of sp³-hybridized carbons (Fsp3) is 0.556. The van der Waals surface area contributed by atoms with Crippen molar-refractivity contribution < 1.29 is 9.53 Å². The fourth-order valence-corrected chi connectivity index (χ4v) is 3.41. The lowest BCUT2D eigenvalue weighted by molar-refractivity contribution is -0.140. The monoisotopic (exact) mass is 300 g/mol. The predicted molar refractivity (Wildman–Crippen MR) is 87.8 cm³/mol. The average Bonchev–Trinajstić information content (AvgIpc) is 2.78. The quantitative estimate of drug-likeness (QED) is 0.752. The molecule has 0 aromatic rings. The van der Waals surface area contributed by atoms with Gasteiger partial charge in [-0.15, -0.1) is 0 Å². The Labute approximate surface area is 132 Å². The zero-order valence-corrected chi connectivity index (χ0v) is 13.5. The highest BCUT2D eigenvalue weighted by molar-refractivity contribution is 6.08. The molecule has 1 fully saturated rings. The van der Waals surface area contributed by atoms with E-state index in [-0.39, 0.29) is 5.97 Å². The molecule has 0 amide bonds. The second-order valence-corrected chi connectivity index (χ2v) is 6.80. The molecule has 0 bridgehead atoms. The van der Waals surface area contributed by atoms with Crippen molar-refractivity contribution in [3.8, 4) is 0 Å². The molecule has 0 N–H and O–H groups in total. The van der Waals surface area contributed by atoms with Crippen LogP contribution < -0.4 is 0 Å². The normalized spacial score (nSPS) is 24.2. The molecule has 22 heavy (non-hydrogen) atoms. The van der Waals surface area contributed by atoms with Gasteiger partial charge in [0.1, 0.15) is 0 Å². The number of carbonyl (C=O) groups excluding carboxylic acids is 1. The number of carbonyl (C=O) groups is 1. The van der Waals surface area contributed by atoms with Gasteiger partial charge in [-0.2, -0.15) is 0 Å². The topological polar surface area (TPSA) is 41.9 Å². The first-order valence-electron chi connectivity index (χ1n) is 8.05. The molecule has 1 spiro atoms. The maximum atomic E-state index is 12.3. The van der Waals surface area contributed by atoms with E-state index in [0.717, 1.165) is 43.4 Å². The Balaban J connectivity index is 1.82. The van der Waals surface area contributed by atoms with Crippen LogP contribution in [0.15, 0.2) is 40.4 Å². The van der Waals surface area contributed by atoms with Crippen LogP contribution in [0.3, 0.4) is 0 Å². The summed E-state index contributed by atoms with van der Waals surface area (Å²) in [6.45, 7) is 5.04. The summed E-state index contributed by atoms with van der Waals surface area (Å²) < 4.78 is 5.52. The summed E-state index contributed by atoms with van der Waals surface area (Å²) in [4.78, 5) is 19.1. The van der Waals surface area contributed by atoms with E-state index in [9.17, 15) is 4.79 Å². The van der Waals surface area contributed by atoms with Crippen molar-refractivity contribution in [1.29, 1.82) is 0 Å². The molecule has 0 unspecified atom stereocenters. The summed E-state index contributed by atoms with van der Waals surface area (Å²) >= 11 is 0. The van der Waals surface area contributed by atoms with E-state index in [4.69, 9.17) is 9.73 Å². The molecule has 3 aliphatic rings. The Hall–Kier alpha value is -1.68. The number of allylic oxidation sites excluding steroid dienone is 2. The number of esters is 1. The molecule has 0 aromatic heterocycles. The van der Waals surface area contributed by atoms with Gasteiger partial charge in [0.25, 0.3) is 0 Å². The first kappa shape index (κ1) is 15.2. The molecule has 1 aliphatic heterocycles. The molecule has 1 saturated carbocycles. The smallest absolute Gasteiger partial charge is 0.340 e. The van der Waals surface area contributed by atoms with E-state index in [2.05, 4.69) is 17.6 Å². The molecular formula is C18H24N2O2. The zero-order chi connectivity index (χ0) is 15.7. The molecule has 4 heteroatoms. The lowest BCUT2D eigenvalue weighted by Crippen LogP contribution is -2.35. The highest BCUT2D eigenvalue weighted by Crippen LogP contribution is 2.38. The maximum Gasteiger partial charge on any atom is 0.340 e. The van der Waals surface area contributed by atoms with Gasteiger partial charge in [0.15, 0.2) is 5.54 Å². The Bertz CT molecular complexity index is 590. The maximum absolute atomic E-state index is 12.3. The van der Waals surface area contributed by atoms with Crippen LogP contribution in [-0.4, -0.2) is 42.9 Å². The minimum Gasteiger partial charge on any atom is -0.406 e. The standard InChI is InChI=1S/C18H24N2O2/c1-13-11-14(7-8-15(13)12-20(2)3)16-19-18(17(21)22-16)9-5-4-6-10-18/h7-8H,1,4-6,9-12H2,2-3H3. The molecule has 0 radical (unpaired) electrons. The molecule has 1 heterocycles. The summed E-state index contributed by atoms with van der Waals surface area (Å²) in [6.07, 6.45) is 9.77. The van der Waals surface area contributed by atoms with E-state index in [0.29, 0.717) is 12.3 Å². The summed E-state index contributed by atoms with van der Waals surface area (Å²) in [5.74, 6) is 0.366. The highest BCUT2D eigenvalue weighted by Gasteiger charge is 2.47. The van der Waals surface area contributed by atoms with Gasteiger partial charge in [-0.05, 0) is 38.1 Å². The van der Waals surface area contributed by atoms with Crippen molar-refractivity contribution in [1.82, 2.24) is 4.90 Å². The van der Waals surface area contributed by atoms with Crippen LogP contribution >= 0.6 is 0 Å². The molecular weight excluding hydrogens is 276 g/mol. The Morgan fingerprint density at radius 1 is 1.27 bits per heavy atom. The van der Waals surface area contributed by atoms with Crippen LogP contribution in [0, 0.1) is 0 Å². The summed E-state index contributed by atoms with van der Waals surface area (Å²) in [5, 5.41) is 0. The second kappa shape index (κ2) is 5.84. The van der Waals surface area contributed by atoms with Gasteiger partial charge in [0.05, 0.1) is 0 Å². The number of ether oxygens (including phenoxy) is 1. The molecule has 0 aromatic carbocycles. The predicted octanol–water partition coefficient (Wildman–Crippen LogP) is 3.02. The van der Waals surface area contributed by atoms with Crippen LogP contribution in [0.5, 0.6) is 0 Å². The van der Waals surface area contributed by atoms with Crippen LogP contribution in [-0.2, 0) is 9.53 Å². The Morgan fingerprint density at radius 3 is 2.64 bits per heavy atom. The first-order valence-corrected chi connectivity index (χ1v) is 8.05. The molecule has 4 nitrogen and oxygen atoms in total. The van der Waals surface area contributed by atoms with Crippen LogP contribution in [0.25, 0.3) is 0 Å². The van der Waals surface area contributed by atoms with Crippen LogP contribution in [0.2, 0.25) is 0 Å². The number of likely N-dealkylation sites (N-methyl/N-ethyl adjacent to an activating group) is 1. The lowest BCUT2D eigenvalue weighted by atomic mass is 9.82. The van der Waals surface area contributed by atoms with Crippen molar-refractivity contribution >= 4 is 11.9 Å². The lowest BCUT2D eigenvalue weighted by Gasteiger charge is -2.25. The first-order chi connectivity index (χ1) is 10.5. The number of hydrogen-bond donors (Lipinski definition) is 0. The minimum atomic E-state index is -0.594. The zero-order valence-electron chi connectivity index (χ0n) is 13.5. The van der Waals surface area contributed by atoms with E-state index >= 15 is 0 Å². The summed E-state index contributed by atoms with van der Waals surface area (Å²) in [5.41, 5.74) is 2.69. The van der Waals surface area contributed by atoms with Gasteiger partial charge in [0, 0.05) is 18.5 Å². The second-order valence-electron chi connectivity index (χ2n) is 6.80. The number of hydrogen-bond acceptors (Lipinski definition) is 4. The minimum absolute atomic E-state index is 0.156. The third-order valence-corrected chi connectivity index (χ3v) is 4.67. The summed E-state index contributed by atoms with van der Waals surface area (Å²) in [6, 6.07) is 0. The number of rotatable bonds is 3. The molecule has 118 valence electrons. The van der Waals surface area contributed by atoms with Gasteiger partial charge in [-0.3, -0.25) is 0 Å². The van der Waals surface area contributed by atoms with Crippen molar-refractivity contribution in [2.24, 2.45) is 4.99 Å². The summed E-state index contributed by atoms with van der Waals surface area (Å²) in [7, 11) is 4.09. The number of nitrogens with zero attached hydrogens (tertiary/aromatic N) is 2. The van der Waals surface area contributed by atoms with Gasteiger partial charge in [-0.25, -0.2) is 9.79 Å². The Kier molecular flexibility index (Phi) is 4.04. The van der Waals surface area contributed by atoms with Crippen molar-refractivity contribution in [2.75, 3.05) is 20.6 Å². The van der Waals surface area contributed by atoms with Gasteiger partial charge < -0.3 is 9.64 Å². The van der Waals surface area contributed by atoms with Crippen LogP contribution in [0.4, 0.5) is 0 Å².